The van der Waals surface area contributed by atoms with Gasteiger partial charge in [0.25, 0.3) is 0 Å². The van der Waals surface area contributed by atoms with E-state index >= 15 is 0 Å². The molecule has 1 heterocycles. The fraction of sp³-hybridized carbons (Fsp3) is 0.632. The number of halogens is 3. The van der Waals surface area contributed by atoms with Crippen molar-refractivity contribution in [3.05, 3.63) is 29.8 Å². The minimum absolute atomic E-state index is 0.0276. The molecule has 1 saturated heterocycles. The molecule has 1 aromatic rings. The minimum Gasteiger partial charge on any atom is -0.444 e. The lowest BCUT2D eigenvalue weighted by atomic mass is 9.95. The van der Waals surface area contributed by atoms with Gasteiger partial charge in [0, 0.05) is 31.4 Å². The van der Waals surface area contributed by atoms with Crippen molar-refractivity contribution in [2.24, 2.45) is 0 Å². The Balaban J connectivity index is 2.07. The van der Waals surface area contributed by atoms with E-state index in [1.165, 1.54) is 12.1 Å². The highest BCUT2D eigenvalue weighted by Crippen LogP contribution is 2.39. The largest absolute Gasteiger partial charge is 0.444 e. The fourth-order valence-electron chi connectivity index (χ4n) is 2.97. The van der Waals surface area contributed by atoms with E-state index < -0.39 is 17.4 Å². The molecule has 2 rings (SSSR count). The van der Waals surface area contributed by atoms with Crippen molar-refractivity contribution >= 4 is 11.8 Å². The van der Waals surface area contributed by atoms with E-state index in [9.17, 15) is 23.1 Å². The first kappa shape index (κ1) is 21.3. The Morgan fingerprint density at radius 1 is 1.11 bits per heavy atom. The van der Waals surface area contributed by atoms with Gasteiger partial charge in [0.05, 0.1) is 0 Å². The molecule has 1 aliphatic rings. The molecule has 152 valence electrons. The Morgan fingerprint density at radius 3 is 2.11 bits per heavy atom. The van der Waals surface area contributed by atoms with E-state index in [2.05, 4.69) is 0 Å². The molecule has 0 aromatic heterocycles. The van der Waals surface area contributed by atoms with Crippen LogP contribution in [0.25, 0.3) is 0 Å². The molecular formula is C19H27F3N2O3. The zero-order chi connectivity index (χ0) is 20.6. The predicted octanol–water partition coefficient (Wildman–Crippen LogP) is 3.90. The summed E-state index contributed by atoms with van der Waals surface area (Å²) in [6.07, 6.45) is -5.12. The van der Waals surface area contributed by atoms with Crippen molar-refractivity contribution in [1.29, 1.82) is 0 Å². The molecule has 0 saturated carbocycles. The van der Waals surface area contributed by atoms with Crippen LogP contribution in [0, 0.1) is 0 Å². The Morgan fingerprint density at radius 2 is 1.67 bits per heavy atom. The molecule has 0 bridgehead atoms. The van der Waals surface area contributed by atoms with Gasteiger partial charge in [0.2, 0.25) is 0 Å². The van der Waals surface area contributed by atoms with Gasteiger partial charge in [-0.25, -0.2) is 4.79 Å². The molecule has 1 N–H and O–H groups in total. The molecule has 8 heteroatoms. The lowest BCUT2D eigenvalue weighted by molar-refractivity contribution is -0.258. The third kappa shape index (κ3) is 4.86. The number of alkyl halides is 3. The predicted molar refractivity (Wildman–Crippen MR) is 96.7 cm³/mol. The highest BCUT2D eigenvalue weighted by atomic mass is 19.4. The minimum atomic E-state index is -4.75. The Labute approximate surface area is 157 Å². The van der Waals surface area contributed by atoms with Crippen LogP contribution < -0.4 is 4.90 Å². The van der Waals surface area contributed by atoms with E-state index in [4.69, 9.17) is 4.74 Å². The Bertz CT molecular complexity index is 666. The lowest BCUT2D eigenvalue weighted by Gasteiger charge is -2.41. The average Bonchev–Trinajstić information content (AvgIpc) is 2.52. The first-order valence-electron chi connectivity index (χ1n) is 8.86. The van der Waals surface area contributed by atoms with Gasteiger partial charge in [0.15, 0.2) is 5.60 Å². The number of piperazine rings is 1. The van der Waals surface area contributed by atoms with Crippen LogP contribution in [0.4, 0.5) is 23.7 Å². The Hall–Kier alpha value is -1.96. The SMILES string of the molecule is C[C@H]1CN(C(=O)OC(C)(C)C)CCN1c1ccc(C(C)(O)C(F)(F)F)cc1. The second kappa shape index (κ2) is 7.22. The van der Waals surface area contributed by atoms with Crippen molar-refractivity contribution in [3.63, 3.8) is 0 Å². The van der Waals surface area contributed by atoms with Crippen LogP contribution in [0.15, 0.2) is 24.3 Å². The highest BCUT2D eigenvalue weighted by Gasteiger charge is 2.51. The standard InChI is InChI=1S/C19H27F3N2O3/c1-13-12-23(16(25)27-17(2,3)4)10-11-24(13)15-8-6-14(7-9-15)18(5,26)19(20,21)22/h6-9,13,26H,10-12H2,1-5H3/t13-,18?/m0/s1. The van der Waals surface area contributed by atoms with Crippen LogP contribution in [0.1, 0.15) is 40.2 Å². The van der Waals surface area contributed by atoms with Gasteiger partial charge >= 0.3 is 12.3 Å². The van der Waals surface area contributed by atoms with Gasteiger partial charge in [-0.15, -0.1) is 0 Å². The third-order valence-electron chi connectivity index (χ3n) is 4.59. The van der Waals surface area contributed by atoms with Gasteiger partial charge in [0.1, 0.15) is 5.60 Å². The number of benzene rings is 1. The molecule has 0 spiro atoms. The van der Waals surface area contributed by atoms with Gasteiger partial charge in [-0.3, -0.25) is 0 Å². The van der Waals surface area contributed by atoms with Crippen LogP contribution in [0.2, 0.25) is 0 Å². The normalized spacial score (nSPS) is 21.0. The number of anilines is 1. The summed E-state index contributed by atoms with van der Waals surface area (Å²) in [6, 6.07) is 5.68. The van der Waals surface area contributed by atoms with E-state index in [-0.39, 0.29) is 17.7 Å². The van der Waals surface area contributed by atoms with Crippen LogP contribution in [-0.4, -0.2) is 53.6 Å². The molecule has 2 atom stereocenters. The number of ether oxygens (including phenoxy) is 1. The maximum absolute atomic E-state index is 13.0. The first-order valence-corrected chi connectivity index (χ1v) is 8.86. The summed E-state index contributed by atoms with van der Waals surface area (Å²) in [6.45, 7) is 9.56. The van der Waals surface area contributed by atoms with Crippen molar-refractivity contribution in [1.82, 2.24) is 4.90 Å². The third-order valence-corrected chi connectivity index (χ3v) is 4.59. The first-order chi connectivity index (χ1) is 12.2. The molecule has 1 aliphatic heterocycles. The highest BCUT2D eigenvalue weighted by molar-refractivity contribution is 5.69. The second-order valence-electron chi connectivity index (χ2n) is 8.09. The molecule has 27 heavy (non-hydrogen) atoms. The van der Waals surface area contributed by atoms with Crippen LogP contribution in [0.5, 0.6) is 0 Å². The smallest absolute Gasteiger partial charge is 0.421 e. The number of aliphatic hydroxyl groups is 1. The van der Waals surface area contributed by atoms with Crippen molar-refractivity contribution in [2.45, 2.75) is 58.0 Å². The average molecular weight is 388 g/mol. The summed E-state index contributed by atoms with van der Waals surface area (Å²) in [4.78, 5) is 15.9. The summed E-state index contributed by atoms with van der Waals surface area (Å²) < 4.78 is 44.3. The summed E-state index contributed by atoms with van der Waals surface area (Å²) in [7, 11) is 0. The quantitative estimate of drug-likeness (QED) is 0.835. The number of carbonyl (C=O) groups is 1. The van der Waals surface area contributed by atoms with Crippen LogP contribution in [0.3, 0.4) is 0 Å². The van der Waals surface area contributed by atoms with E-state index in [0.29, 0.717) is 19.6 Å². The van der Waals surface area contributed by atoms with Gasteiger partial charge < -0.3 is 19.6 Å². The van der Waals surface area contributed by atoms with Crippen molar-refractivity contribution in [2.75, 3.05) is 24.5 Å². The van der Waals surface area contributed by atoms with Crippen LogP contribution in [-0.2, 0) is 10.3 Å². The van der Waals surface area contributed by atoms with Gasteiger partial charge in [-0.2, -0.15) is 13.2 Å². The summed E-state index contributed by atoms with van der Waals surface area (Å²) in [5.41, 5.74) is -2.93. The second-order valence-corrected chi connectivity index (χ2v) is 8.09. The molecule has 5 nitrogen and oxygen atoms in total. The van der Waals surface area contributed by atoms with Crippen molar-refractivity contribution in [3.8, 4) is 0 Å². The number of carbonyl (C=O) groups excluding carboxylic acids is 1. The molecule has 1 amide bonds. The van der Waals surface area contributed by atoms with Crippen molar-refractivity contribution < 1.29 is 27.8 Å². The zero-order valence-corrected chi connectivity index (χ0v) is 16.3. The molecule has 0 radical (unpaired) electrons. The molecule has 1 aromatic carbocycles. The van der Waals surface area contributed by atoms with E-state index in [1.54, 1.807) is 17.0 Å². The number of rotatable bonds is 2. The summed E-state index contributed by atoms with van der Waals surface area (Å²) in [5.74, 6) is 0. The molecular weight excluding hydrogens is 361 g/mol. The fourth-order valence-corrected chi connectivity index (χ4v) is 2.97. The Kier molecular flexibility index (Phi) is 5.71. The summed E-state index contributed by atoms with van der Waals surface area (Å²) >= 11 is 0. The molecule has 1 unspecified atom stereocenters. The molecule has 1 fully saturated rings. The zero-order valence-electron chi connectivity index (χ0n) is 16.3. The van der Waals surface area contributed by atoms with Gasteiger partial charge in [-0.05, 0) is 52.3 Å². The summed E-state index contributed by atoms with van der Waals surface area (Å²) in [5, 5.41) is 9.77. The molecule has 0 aliphatic carbocycles. The number of hydrogen-bond acceptors (Lipinski definition) is 4. The number of amides is 1. The van der Waals surface area contributed by atoms with E-state index in [1.807, 2.05) is 32.6 Å². The van der Waals surface area contributed by atoms with Crippen LogP contribution >= 0.6 is 0 Å². The maximum atomic E-state index is 13.0. The lowest BCUT2D eigenvalue weighted by Crippen LogP contribution is -2.54. The van der Waals surface area contributed by atoms with E-state index in [0.717, 1.165) is 12.6 Å². The maximum Gasteiger partial charge on any atom is 0.421 e. The monoisotopic (exact) mass is 388 g/mol. The number of hydrogen-bond donors (Lipinski definition) is 1. The topological polar surface area (TPSA) is 53.0 Å². The number of nitrogens with zero attached hydrogens (tertiary/aromatic N) is 2. The van der Waals surface area contributed by atoms with Gasteiger partial charge in [-0.1, -0.05) is 12.1 Å².